The third kappa shape index (κ3) is 3.01. The summed E-state index contributed by atoms with van der Waals surface area (Å²) in [6.07, 6.45) is 5.97. The van der Waals surface area contributed by atoms with E-state index in [4.69, 9.17) is 4.74 Å². The molecule has 0 aliphatic heterocycles. The Morgan fingerprint density at radius 1 is 1.32 bits per heavy atom. The molecule has 1 fully saturated rings. The van der Waals surface area contributed by atoms with Crippen molar-refractivity contribution in [2.45, 2.75) is 57.6 Å². The van der Waals surface area contributed by atoms with Gasteiger partial charge in [-0.25, -0.2) is 0 Å². The summed E-state index contributed by atoms with van der Waals surface area (Å²) in [6.45, 7) is 5.38. The van der Waals surface area contributed by atoms with Crippen LogP contribution in [0.25, 0.3) is 0 Å². The SMILES string of the molecule is CCCc1cccc(C(NCC)C2(OC)CCC2)c1. The van der Waals surface area contributed by atoms with Crippen molar-refractivity contribution < 1.29 is 4.74 Å². The maximum atomic E-state index is 5.88. The van der Waals surface area contributed by atoms with Gasteiger partial charge in [0.15, 0.2) is 0 Å². The van der Waals surface area contributed by atoms with E-state index in [9.17, 15) is 0 Å². The second kappa shape index (κ2) is 6.53. The standard InChI is InChI=1S/C17H27NO/c1-4-8-14-9-6-10-15(13-14)16(18-5-2)17(19-3)11-7-12-17/h6,9-10,13,16,18H,4-5,7-8,11-12H2,1-3H3. The van der Waals surface area contributed by atoms with Gasteiger partial charge in [-0.1, -0.05) is 44.5 Å². The van der Waals surface area contributed by atoms with Crippen LogP contribution in [0.2, 0.25) is 0 Å². The molecule has 0 spiro atoms. The van der Waals surface area contributed by atoms with Crippen molar-refractivity contribution in [1.82, 2.24) is 5.32 Å². The van der Waals surface area contributed by atoms with Crippen LogP contribution in [-0.4, -0.2) is 19.3 Å². The molecule has 0 aromatic heterocycles. The summed E-state index contributed by atoms with van der Waals surface area (Å²) in [6, 6.07) is 9.35. The molecule has 106 valence electrons. The van der Waals surface area contributed by atoms with Gasteiger partial charge in [0.05, 0.1) is 11.6 Å². The summed E-state index contributed by atoms with van der Waals surface area (Å²) in [7, 11) is 1.86. The normalized spacial score (nSPS) is 18.9. The molecule has 1 atom stereocenters. The molecule has 2 nitrogen and oxygen atoms in total. The summed E-state index contributed by atoms with van der Waals surface area (Å²) in [5, 5.41) is 3.64. The minimum absolute atomic E-state index is 0.0147. The van der Waals surface area contributed by atoms with E-state index in [2.05, 4.69) is 43.4 Å². The Morgan fingerprint density at radius 3 is 2.63 bits per heavy atom. The maximum Gasteiger partial charge on any atom is 0.0872 e. The van der Waals surface area contributed by atoms with Crippen molar-refractivity contribution >= 4 is 0 Å². The molecule has 19 heavy (non-hydrogen) atoms. The summed E-state index contributed by atoms with van der Waals surface area (Å²) in [4.78, 5) is 0. The van der Waals surface area contributed by atoms with Crippen molar-refractivity contribution in [2.75, 3.05) is 13.7 Å². The zero-order chi connectivity index (χ0) is 13.7. The number of benzene rings is 1. The number of hydrogen-bond acceptors (Lipinski definition) is 2. The van der Waals surface area contributed by atoms with E-state index in [1.54, 1.807) is 0 Å². The molecule has 1 aromatic carbocycles. The number of likely N-dealkylation sites (N-methyl/N-ethyl adjacent to an activating group) is 1. The molecule has 0 saturated heterocycles. The highest BCUT2D eigenvalue weighted by atomic mass is 16.5. The Hall–Kier alpha value is -0.860. The average Bonchev–Trinajstić information content (AvgIpc) is 2.38. The van der Waals surface area contributed by atoms with Gasteiger partial charge in [-0.3, -0.25) is 0 Å². The van der Waals surface area contributed by atoms with Crippen LogP contribution in [-0.2, 0) is 11.2 Å². The lowest BCUT2D eigenvalue weighted by atomic mass is 9.72. The van der Waals surface area contributed by atoms with Gasteiger partial charge in [-0.2, -0.15) is 0 Å². The second-order valence-corrected chi connectivity index (χ2v) is 5.61. The van der Waals surface area contributed by atoms with Crippen LogP contribution in [0, 0.1) is 0 Å². The van der Waals surface area contributed by atoms with Crippen molar-refractivity contribution in [3.8, 4) is 0 Å². The molecule has 0 radical (unpaired) electrons. The highest BCUT2D eigenvalue weighted by molar-refractivity contribution is 5.29. The lowest BCUT2D eigenvalue weighted by Gasteiger charge is -2.47. The Morgan fingerprint density at radius 2 is 2.11 bits per heavy atom. The minimum Gasteiger partial charge on any atom is -0.376 e. The first kappa shape index (κ1) is 14.5. The molecule has 0 amide bonds. The molecular formula is C17H27NO. The predicted octanol–water partition coefficient (Wildman–Crippen LogP) is 3.86. The van der Waals surface area contributed by atoms with Crippen molar-refractivity contribution in [3.05, 3.63) is 35.4 Å². The van der Waals surface area contributed by atoms with E-state index >= 15 is 0 Å². The Balaban J connectivity index is 2.25. The topological polar surface area (TPSA) is 21.3 Å². The first-order chi connectivity index (χ1) is 9.25. The fraction of sp³-hybridized carbons (Fsp3) is 0.647. The Bertz CT molecular complexity index is 392. The van der Waals surface area contributed by atoms with Crippen LogP contribution in [0.3, 0.4) is 0 Å². The molecule has 0 bridgehead atoms. The number of aryl methyl sites for hydroxylation is 1. The highest BCUT2D eigenvalue weighted by Crippen LogP contribution is 2.44. The molecule has 0 heterocycles. The Labute approximate surface area is 117 Å². The third-order valence-electron chi connectivity index (χ3n) is 4.36. The zero-order valence-electron chi connectivity index (χ0n) is 12.5. The van der Waals surface area contributed by atoms with Crippen molar-refractivity contribution in [3.63, 3.8) is 0 Å². The quantitative estimate of drug-likeness (QED) is 0.804. The average molecular weight is 261 g/mol. The maximum absolute atomic E-state index is 5.88. The molecule has 1 aromatic rings. The molecule has 2 rings (SSSR count). The number of methoxy groups -OCH3 is 1. The molecule has 1 N–H and O–H groups in total. The lowest BCUT2D eigenvalue weighted by Crippen LogP contribution is -2.50. The van der Waals surface area contributed by atoms with Crippen LogP contribution < -0.4 is 5.32 Å². The molecule has 2 heteroatoms. The number of ether oxygens (including phenoxy) is 1. The lowest BCUT2D eigenvalue weighted by molar-refractivity contribution is -0.0995. The Kier molecular flexibility index (Phi) is 5.00. The first-order valence-corrected chi connectivity index (χ1v) is 7.63. The number of rotatable bonds is 7. The number of nitrogens with one attached hydrogen (secondary N) is 1. The summed E-state index contributed by atoms with van der Waals surface area (Å²) >= 11 is 0. The minimum atomic E-state index is 0.0147. The monoisotopic (exact) mass is 261 g/mol. The van der Waals surface area contributed by atoms with Gasteiger partial charge in [0.2, 0.25) is 0 Å². The first-order valence-electron chi connectivity index (χ1n) is 7.63. The van der Waals surface area contributed by atoms with E-state index in [0.29, 0.717) is 6.04 Å². The van der Waals surface area contributed by atoms with Gasteiger partial charge >= 0.3 is 0 Å². The fourth-order valence-corrected chi connectivity index (χ4v) is 3.16. The summed E-state index contributed by atoms with van der Waals surface area (Å²) in [5.74, 6) is 0. The van der Waals surface area contributed by atoms with E-state index in [1.807, 2.05) is 7.11 Å². The van der Waals surface area contributed by atoms with Crippen LogP contribution in [0.15, 0.2) is 24.3 Å². The fourth-order valence-electron chi connectivity index (χ4n) is 3.16. The molecule has 1 aliphatic carbocycles. The summed E-state index contributed by atoms with van der Waals surface area (Å²) < 4.78 is 5.88. The van der Waals surface area contributed by atoms with E-state index < -0.39 is 0 Å². The van der Waals surface area contributed by atoms with Gasteiger partial charge in [0, 0.05) is 7.11 Å². The van der Waals surface area contributed by atoms with E-state index in [1.165, 1.54) is 36.8 Å². The molecule has 1 aliphatic rings. The van der Waals surface area contributed by atoms with Gasteiger partial charge in [-0.15, -0.1) is 0 Å². The largest absolute Gasteiger partial charge is 0.376 e. The predicted molar refractivity (Wildman–Crippen MR) is 80.4 cm³/mol. The second-order valence-electron chi connectivity index (χ2n) is 5.61. The number of hydrogen-bond donors (Lipinski definition) is 1. The van der Waals surface area contributed by atoms with E-state index in [-0.39, 0.29) is 5.60 Å². The van der Waals surface area contributed by atoms with Crippen LogP contribution in [0.4, 0.5) is 0 Å². The molecule has 1 unspecified atom stereocenters. The van der Waals surface area contributed by atoms with E-state index in [0.717, 1.165) is 13.0 Å². The third-order valence-corrected chi connectivity index (χ3v) is 4.36. The van der Waals surface area contributed by atoms with Gasteiger partial charge in [0.25, 0.3) is 0 Å². The zero-order valence-corrected chi connectivity index (χ0v) is 12.5. The smallest absolute Gasteiger partial charge is 0.0872 e. The highest BCUT2D eigenvalue weighted by Gasteiger charge is 2.44. The summed E-state index contributed by atoms with van der Waals surface area (Å²) in [5.41, 5.74) is 2.84. The molecular weight excluding hydrogens is 234 g/mol. The van der Waals surface area contributed by atoms with Gasteiger partial charge < -0.3 is 10.1 Å². The van der Waals surface area contributed by atoms with Crippen molar-refractivity contribution in [1.29, 1.82) is 0 Å². The van der Waals surface area contributed by atoms with Gasteiger partial charge in [0.1, 0.15) is 0 Å². The van der Waals surface area contributed by atoms with Crippen molar-refractivity contribution in [2.24, 2.45) is 0 Å². The molecule has 1 saturated carbocycles. The van der Waals surface area contributed by atoms with Crippen LogP contribution in [0.1, 0.15) is 56.7 Å². The van der Waals surface area contributed by atoms with Crippen LogP contribution >= 0.6 is 0 Å². The van der Waals surface area contributed by atoms with Gasteiger partial charge in [-0.05, 0) is 43.4 Å². The van der Waals surface area contributed by atoms with Crippen LogP contribution in [0.5, 0.6) is 0 Å².